The highest BCUT2D eigenvalue weighted by molar-refractivity contribution is 5.96. The minimum Gasteiger partial charge on any atom is -0.352 e. The van der Waals surface area contributed by atoms with Crippen LogP contribution in [0.5, 0.6) is 0 Å². The Bertz CT molecular complexity index is 779. The second kappa shape index (κ2) is 9.53. The van der Waals surface area contributed by atoms with Gasteiger partial charge >= 0.3 is 0 Å². The fourth-order valence-corrected chi connectivity index (χ4v) is 3.61. The van der Waals surface area contributed by atoms with Crippen molar-refractivity contribution >= 4 is 11.8 Å². The van der Waals surface area contributed by atoms with Crippen LogP contribution in [0.25, 0.3) is 0 Å². The Morgan fingerprint density at radius 3 is 2.54 bits per heavy atom. The van der Waals surface area contributed by atoms with E-state index in [0.29, 0.717) is 12.1 Å². The second-order valence-electron chi connectivity index (χ2n) is 7.85. The zero-order valence-corrected chi connectivity index (χ0v) is 16.8. The van der Waals surface area contributed by atoms with Gasteiger partial charge in [0, 0.05) is 24.8 Å². The van der Waals surface area contributed by atoms with Crippen LogP contribution in [-0.2, 0) is 11.3 Å². The Morgan fingerprint density at radius 2 is 1.89 bits per heavy atom. The van der Waals surface area contributed by atoms with E-state index in [2.05, 4.69) is 10.4 Å². The van der Waals surface area contributed by atoms with Gasteiger partial charge in [0.1, 0.15) is 6.54 Å². The molecule has 2 amide bonds. The molecule has 28 heavy (non-hydrogen) atoms. The molecule has 0 atom stereocenters. The van der Waals surface area contributed by atoms with Gasteiger partial charge in [-0.05, 0) is 32.3 Å². The van der Waals surface area contributed by atoms with Gasteiger partial charge in [-0.2, -0.15) is 5.10 Å². The normalized spacial score (nSPS) is 14.8. The number of carbonyl (C=O) groups is 2. The summed E-state index contributed by atoms with van der Waals surface area (Å²) in [6, 6.07) is 10.2. The lowest BCUT2D eigenvalue weighted by molar-refractivity contribution is -0.122. The molecule has 1 N–H and O–H groups in total. The van der Waals surface area contributed by atoms with Crippen molar-refractivity contribution < 1.29 is 9.59 Å². The molecule has 1 aliphatic rings. The number of amides is 2. The number of hydrogen-bond acceptors (Lipinski definition) is 3. The van der Waals surface area contributed by atoms with E-state index >= 15 is 0 Å². The first kappa shape index (κ1) is 20.1. The predicted octanol–water partition coefficient (Wildman–Crippen LogP) is 3.56. The first-order valence-electron chi connectivity index (χ1n) is 10.2. The van der Waals surface area contributed by atoms with E-state index < -0.39 is 0 Å². The van der Waals surface area contributed by atoms with Crippen LogP contribution in [0.15, 0.2) is 42.7 Å². The summed E-state index contributed by atoms with van der Waals surface area (Å²) in [6.45, 7) is 4.48. The van der Waals surface area contributed by atoms with E-state index in [0.717, 1.165) is 31.2 Å². The highest BCUT2D eigenvalue weighted by Gasteiger charge is 2.23. The molecule has 1 aliphatic carbocycles. The van der Waals surface area contributed by atoms with Crippen LogP contribution in [0.2, 0.25) is 0 Å². The van der Waals surface area contributed by atoms with Crippen LogP contribution >= 0.6 is 0 Å². The summed E-state index contributed by atoms with van der Waals surface area (Å²) in [6.07, 6.45) is 8.95. The van der Waals surface area contributed by atoms with Gasteiger partial charge in [0.2, 0.25) is 5.91 Å². The molecule has 150 valence electrons. The number of nitrogens with one attached hydrogen (secondary N) is 1. The number of rotatable bonds is 7. The third kappa shape index (κ3) is 5.44. The van der Waals surface area contributed by atoms with Crippen LogP contribution < -0.4 is 5.32 Å². The molecule has 0 bridgehead atoms. The number of carbonyl (C=O) groups excluding carboxylic acids is 2. The molecule has 0 radical (unpaired) electrons. The van der Waals surface area contributed by atoms with Gasteiger partial charge in [-0.3, -0.25) is 14.3 Å². The van der Waals surface area contributed by atoms with Crippen LogP contribution in [0.1, 0.15) is 67.9 Å². The molecule has 2 aromatic rings. The molecule has 0 aliphatic heterocycles. The summed E-state index contributed by atoms with van der Waals surface area (Å²) in [5.41, 5.74) is 1.51. The highest BCUT2D eigenvalue weighted by atomic mass is 16.2. The fourth-order valence-electron chi connectivity index (χ4n) is 3.61. The van der Waals surface area contributed by atoms with Gasteiger partial charge in [0.15, 0.2) is 0 Å². The van der Waals surface area contributed by atoms with Crippen molar-refractivity contribution in [3.63, 3.8) is 0 Å². The van der Waals surface area contributed by atoms with Gasteiger partial charge in [-0.25, -0.2) is 0 Å². The van der Waals surface area contributed by atoms with E-state index in [4.69, 9.17) is 0 Å². The largest absolute Gasteiger partial charge is 0.352 e. The SMILES string of the molecule is CC(C)n1cc(C(=O)N(CC(=O)NC2CCCCC2)Cc2ccccc2)cn1. The molecule has 1 aromatic heterocycles. The third-order valence-corrected chi connectivity index (χ3v) is 5.19. The summed E-state index contributed by atoms with van der Waals surface area (Å²) < 4.78 is 1.76. The van der Waals surface area contributed by atoms with Crippen molar-refractivity contribution in [2.24, 2.45) is 0 Å². The maximum absolute atomic E-state index is 13.1. The lowest BCUT2D eigenvalue weighted by atomic mass is 9.95. The van der Waals surface area contributed by atoms with Gasteiger partial charge in [0.25, 0.3) is 5.91 Å². The van der Waals surface area contributed by atoms with Gasteiger partial charge in [-0.15, -0.1) is 0 Å². The average molecular weight is 383 g/mol. The van der Waals surface area contributed by atoms with Crippen LogP contribution in [-0.4, -0.2) is 39.1 Å². The van der Waals surface area contributed by atoms with E-state index in [1.807, 2.05) is 44.2 Å². The van der Waals surface area contributed by atoms with E-state index in [9.17, 15) is 9.59 Å². The lowest BCUT2D eigenvalue weighted by Gasteiger charge is -2.26. The number of benzene rings is 1. The Morgan fingerprint density at radius 1 is 1.18 bits per heavy atom. The number of nitrogens with zero attached hydrogens (tertiary/aromatic N) is 3. The maximum Gasteiger partial charge on any atom is 0.257 e. The average Bonchev–Trinajstić information content (AvgIpc) is 3.19. The Balaban J connectivity index is 1.71. The molecule has 0 unspecified atom stereocenters. The second-order valence-corrected chi connectivity index (χ2v) is 7.85. The fraction of sp³-hybridized carbons (Fsp3) is 0.500. The van der Waals surface area contributed by atoms with Gasteiger partial charge in [-0.1, -0.05) is 49.6 Å². The topological polar surface area (TPSA) is 67.2 Å². The number of aromatic nitrogens is 2. The van der Waals surface area contributed by atoms with Crippen molar-refractivity contribution in [3.05, 3.63) is 53.9 Å². The van der Waals surface area contributed by atoms with E-state index in [1.165, 1.54) is 6.42 Å². The quantitative estimate of drug-likeness (QED) is 0.796. The Hall–Kier alpha value is -2.63. The van der Waals surface area contributed by atoms with Gasteiger partial charge in [0.05, 0.1) is 11.8 Å². The van der Waals surface area contributed by atoms with Crippen LogP contribution in [0.3, 0.4) is 0 Å². The lowest BCUT2D eigenvalue weighted by Crippen LogP contribution is -2.44. The molecule has 1 saturated carbocycles. The summed E-state index contributed by atoms with van der Waals surface area (Å²) in [4.78, 5) is 27.3. The molecule has 3 rings (SSSR count). The molecular formula is C22H30N4O2. The monoisotopic (exact) mass is 382 g/mol. The van der Waals surface area contributed by atoms with Crippen molar-refractivity contribution in [2.45, 2.75) is 64.6 Å². The molecule has 1 heterocycles. The summed E-state index contributed by atoms with van der Waals surface area (Å²) >= 11 is 0. The summed E-state index contributed by atoms with van der Waals surface area (Å²) in [5, 5.41) is 7.38. The number of hydrogen-bond donors (Lipinski definition) is 1. The standard InChI is InChI=1S/C22H30N4O2/c1-17(2)26-15-19(13-23-26)22(28)25(14-18-9-5-3-6-10-18)16-21(27)24-20-11-7-4-8-12-20/h3,5-6,9-10,13,15,17,20H,4,7-8,11-12,14,16H2,1-2H3,(H,24,27). The van der Waals surface area contributed by atoms with Crippen molar-refractivity contribution in [2.75, 3.05) is 6.54 Å². The van der Waals surface area contributed by atoms with Crippen molar-refractivity contribution in [1.29, 1.82) is 0 Å². The summed E-state index contributed by atoms with van der Waals surface area (Å²) in [7, 11) is 0. The maximum atomic E-state index is 13.1. The molecule has 6 nitrogen and oxygen atoms in total. The minimum absolute atomic E-state index is 0.0527. The molecular weight excluding hydrogens is 352 g/mol. The minimum atomic E-state index is -0.172. The summed E-state index contributed by atoms with van der Waals surface area (Å²) in [5.74, 6) is -0.262. The molecule has 6 heteroatoms. The molecule has 0 spiro atoms. The van der Waals surface area contributed by atoms with E-state index in [1.54, 1.807) is 22.0 Å². The first-order chi connectivity index (χ1) is 13.5. The highest BCUT2D eigenvalue weighted by Crippen LogP contribution is 2.17. The smallest absolute Gasteiger partial charge is 0.257 e. The Kier molecular flexibility index (Phi) is 6.85. The van der Waals surface area contributed by atoms with Crippen LogP contribution in [0, 0.1) is 0 Å². The van der Waals surface area contributed by atoms with Crippen molar-refractivity contribution in [3.8, 4) is 0 Å². The zero-order valence-electron chi connectivity index (χ0n) is 16.8. The predicted molar refractivity (Wildman–Crippen MR) is 109 cm³/mol. The van der Waals surface area contributed by atoms with Crippen molar-refractivity contribution in [1.82, 2.24) is 20.0 Å². The van der Waals surface area contributed by atoms with Gasteiger partial charge < -0.3 is 10.2 Å². The molecule has 1 fully saturated rings. The molecule has 1 aromatic carbocycles. The Labute approximate surface area is 166 Å². The van der Waals surface area contributed by atoms with E-state index in [-0.39, 0.29) is 30.4 Å². The first-order valence-corrected chi connectivity index (χ1v) is 10.2. The third-order valence-electron chi connectivity index (χ3n) is 5.19. The molecule has 0 saturated heterocycles. The zero-order chi connectivity index (χ0) is 19.9. The van der Waals surface area contributed by atoms with Crippen LogP contribution in [0.4, 0.5) is 0 Å².